The van der Waals surface area contributed by atoms with Crippen LogP contribution in [-0.2, 0) is 10.0 Å². The third-order valence-electron chi connectivity index (χ3n) is 3.49. The van der Waals surface area contributed by atoms with Crippen LogP contribution < -0.4 is 10.5 Å². The summed E-state index contributed by atoms with van der Waals surface area (Å²) in [6.45, 7) is 0.227. The predicted octanol–water partition coefficient (Wildman–Crippen LogP) is 2.56. The first kappa shape index (κ1) is 17.8. The molecule has 1 saturated carbocycles. The second kappa shape index (κ2) is 6.70. The minimum Gasteiger partial charge on any atom is -0.329 e. The van der Waals surface area contributed by atoms with Crippen LogP contribution in [0.2, 0.25) is 0 Å². The molecule has 20 heavy (non-hydrogen) atoms. The summed E-state index contributed by atoms with van der Waals surface area (Å²) in [6, 6.07) is 3.89. The molecule has 114 valence electrons. The summed E-state index contributed by atoms with van der Waals surface area (Å²) < 4.78 is 41.4. The van der Waals surface area contributed by atoms with Gasteiger partial charge in [-0.3, -0.25) is 0 Å². The van der Waals surface area contributed by atoms with Gasteiger partial charge in [-0.05, 0) is 31.0 Å². The van der Waals surface area contributed by atoms with Crippen molar-refractivity contribution in [3.63, 3.8) is 0 Å². The molecule has 4 nitrogen and oxygen atoms in total. The quantitative estimate of drug-likeness (QED) is 0.834. The highest BCUT2D eigenvalue weighted by Crippen LogP contribution is 2.31. The zero-order chi connectivity index (χ0) is 14.1. The van der Waals surface area contributed by atoms with Crippen molar-refractivity contribution in [3.05, 3.63) is 28.5 Å². The largest absolute Gasteiger partial charge is 0.329 e. The van der Waals surface area contributed by atoms with Crippen LogP contribution in [-0.4, -0.2) is 20.5 Å². The van der Waals surface area contributed by atoms with Gasteiger partial charge < -0.3 is 5.73 Å². The van der Waals surface area contributed by atoms with E-state index in [1.165, 1.54) is 12.1 Å². The van der Waals surface area contributed by atoms with Crippen molar-refractivity contribution in [2.24, 2.45) is 5.73 Å². The molecule has 0 radical (unpaired) electrons. The molecule has 8 heteroatoms. The third-order valence-corrected chi connectivity index (χ3v) is 5.59. The van der Waals surface area contributed by atoms with E-state index < -0.39 is 21.4 Å². The van der Waals surface area contributed by atoms with Crippen molar-refractivity contribution in [3.8, 4) is 0 Å². The van der Waals surface area contributed by atoms with Gasteiger partial charge in [0.1, 0.15) is 10.7 Å². The number of rotatable bonds is 4. The van der Waals surface area contributed by atoms with E-state index in [2.05, 4.69) is 20.7 Å². The molecule has 1 aromatic carbocycles. The standard InChI is InChI=1S/C12H16BrFN2O2S.ClH/c13-9-3-4-11(10(14)7-9)19(17,18)16-12(8-15)5-1-2-6-12;/h3-4,7,16H,1-2,5-6,8,15H2;1H. The van der Waals surface area contributed by atoms with Gasteiger partial charge in [0.2, 0.25) is 10.0 Å². The summed E-state index contributed by atoms with van der Waals surface area (Å²) in [6.07, 6.45) is 3.26. The fourth-order valence-electron chi connectivity index (χ4n) is 2.43. The predicted molar refractivity (Wildman–Crippen MR) is 81.9 cm³/mol. The molecule has 1 fully saturated rings. The van der Waals surface area contributed by atoms with Crippen molar-refractivity contribution < 1.29 is 12.8 Å². The first-order chi connectivity index (χ1) is 8.88. The summed E-state index contributed by atoms with van der Waals surface area (Å²) in [7, 11) is -3.89. The van der Waals surface area contributed by atoms with Crippen LogP contribution in [0.4, 0.5) is 4.39 Å². The Morgan fingerprint density at radius 1 is 1.35 bits per heavy atom. The van der Waals surface area contributed by atoms with E-state index in [0.29, 0.717) is 17.3 Å². The molecule has 2 rings (SSSR count). The molecule has 1 aliphatic carbocycles. The molecule has 0 aliphatic heterocycles. The fraction of sp³-hybridized carbons (Fsp3) is 0.500. The Kier molecular flexibility index (Phi) is 5.98. The maximum Gasteiger partial charge on any atom is 0.244 e. The number of sulfonamides is 1. The van der Waals surface area contributed by atoms with Crippen molar-refractivity contribution in [2.45, 2.75) is 36.1 Å². The monoisotopic (exact) mass is 386 g/mol. The summed E-state index contributed by atoms with van der Waals surface area (Å²) in [4.78, 5) is -0.338. The van der Waals surface area contributed by atoms with Crippen LogP contribution in [0.1, 0.15) is 25.7 Å². The van der Waals surface area contributed by atoms with Gasteiger partial charge in [-0.15, -0.1) is 12.4 Å². The average Bonchev–Trinajstić information content (AvgIpc) is 2.77. The Hall–Kier alpha value is -0.210. The van der Waals surface area contributed by atoms with E-state index in [0.717, 1.165) is 18.9 Å². The molecular weight excluding hydrogens is 371 g/mol. The lowest BCUT2D eigenvalue weighted by atomic mass is 10.0. The summed E-state index contributed by atoms with van der Waals surface area (Å²) >= 11 is 3.10. The molecule has 3 N–H and O–H groups in total. The first-order valence-electron chi connectivity index (χ1n) is 6.08. The van der Waals surface area contributed by atoms with Crippen LogP contribution in [0, 0.1) is 5.82 Å². The average molecular weight is 388 g/mol. The Balaban J connectivity index is 0.00000200. The van der Waals surface area contributed by atoms with Gasteiger partial charge >= 0.3 is 0 Å². The van der Waals surface area contributed by atoms with Crippen molar-refractivity contribution >= 4 is 38.4 Å². The van der Waals surface area contributed by atoms with Gasteiger partial charge in [0.15, 0.2) is 0 Å². The van der Waals surface area contributed by atoms with E-state index >= 15 is 0 Å². The second-order valence-corrected chi connectivity index (χ2v) is 7.44. The van der Waals surface area contributed by atoms with Gasteiger partial charge in [-0.25, -0.2) is 17.5 Å². The van der Waals surface area contributed by atoms with E-state index in [9.17, 15) is 12.8 Å². The summed E-state index contributed by atoms with van der Waals surface area (Å²) in [5, 5.41) is 0. The molecule has 1 aromatic rings. The highest BCUT2D eigenvalue weighted by molar-refractivity contribution is 9.10. The topological polar surface area (TPSA) is 72.2 Å². The van der Waals surface area contributed by atoms with Gasteiger partial charge in [-0.1, -0.05) is 28.8 Å². The maximum absolute atomic E-state index is 13.8. The zero-order valence-electron chi connectivity index (χ0n) is 10.7. The molecule has 0 atom stereocenters. The Labute approximate surface area is 132 Å². The minimum absolute atomic E-state index is 0. The van der Waals surface area contributed by atoms with Crippen LogP contribution >= 0.6 is 28.3 Å². The SMILES string of the molecule is Cl.NCC1(NS(=O)(=O)c2ccc(Br)cc2F)CCCC1. The lowest BCUT2D eigenvalue weighted by Gasteiger charge is -2.28. The van der Waals surface area contributed by atoms with Crippen molar-refractivity contribution in [2.75, 3.05) is 6.54 Å². The number of nitrogens with one attached hydrogen (secondary N) is 1. The molecule has 0 amide bonds. The third kappa shape index (κ3) is 3.71. The van der Waals surface area contributed by atoms with Gasteiger partial charge in [0, 0.05) is 16.6 Å². The second-order valence-electron chi connectivity index (χ2n) is 4.87. The molecule has 0 saturated heterocycles. The zero-order valence-corrected chi connectivity index (χ0v) is 14.0. The van der Waals surface area contributed by atoms with Crippen molar-refractivity contribution in [1.29, 1.82) is 0 Å². The number of nitrogens with two attached hydrogens (primary N) is 1. The van der Waals surface area contributed by atoms with E-state index in [1.54, 1.807) is 0 Å². The van der Waals surface area contributed by atoms with Gasteiger partial charge in [-0.2, -0.15) is 0 Å². The first-order valence-corrected chi connectivity index (χ1v) is 8.35. The van der Waals surface area contributed by atoms with E-state index in [4.69, 9.17) is 5.73 Å². The number of hydrogen-bond acceptors (Lipinski definition) is 3. The molecule has 0 heterocycles. The lowest BCUT2D eigenvalue weighted by molar-refractivity contribution is 0.398. The Morgan fingerprint density at radius 3 is 2.45 bits per heavy atom. The van der Waals surface area contributed by atoms with Crippen LogP contribution in [0.3, 0.4) is 0 Å². The van der Waals surface area contributed by atoms with Gasteiger partial charge in [0.05, 0.1) is 0 Å². The Morgan fingerprint density at radius 2 is 1.95 bits per heavy atom. The van der Waals surface area contributed by atoms with Crippen LogP contribution in [0.15, 0.2) is 27.6 Å². The highest BCUT2D eigenvalue weighted by atomic mass is 79.9. The van der Waals surface area contributed by atoms with Gasteiger partial charge in [0.25, 0.3) is 0 Å². The van der Waals surface area contributed by atoms with Crippen LogP contribution in [0.25, 0.3) is 0 Å². The minimum atomic E-state index is -3.89. The lowest BCUT2D eigenvalue weighted by Crippen LogP contribution is -2.51. The maximum atomic E-state index is 13.8. The number of halogens is 3. The number of benzene rings is 1. The molecule has 0 unspecified atom stereocenters. The van der Waals surface area contributed by atoms with Crippen LogP contribution in [0.5, 0.6) is 0 Å². The smallest absolute Gasteiger partial charge is 0.244 e. The van der Waals surface area contributed by atoms with E-state index in [1.807, 2.05) is 0 Å². The molecule has 1 aliphatic rings. The highest BCUT2D eigenvalue weighted by Gasteiger charge is 2.37. The fourth-order valence-corrected chi connectivity index (χ4v) is 4.30. The molecular formula is C12H17BrClFN2O2S. The summed E-state index contributed by atoms with van der Waals surface area (Å²) in [5.74, 6) is -0.771. The normalized spacial score (nSPS) is 17.8. The molecule has 0 spiro atoms. The molecule has 0 aromatic heterocycles. The van der Waals surface area contributed by atoms with Crippen molar-refractivity contribution in [1.82, 2.24) is 4.72 Å². The Bertz CT molecular complexity index is 577. The van der Waals surface area contributed by atoms with E-state index in [-0.39, 0.29) is 23.8 Å². The number of hydrogen-bond donors (Lipinski definition) is 2. The molecule has 0 bridgehead atoms. The summed E-state index contributed by atoms with van der Waals surface area (Å²) in [5.41, 5.74) is 5.06.